The summed E-state index contributed by atoms with van der Waals surface area (Å²) in [6, 6.07) is 4.63. The van der Waals surface area contributed by atoms with Crippen molar-refractivity contribution < 1.29 is 22.6 Å². The van der Waals surface area contributed by atoms with Gasteiger partial charge in [0.2, 0.25) is 0 Å². The van der Waals surface area contributed by atoms with Crippen molar-refractivity contribution in [3.05, 3.63) is 59.2 Å². The summed E-state index contributed by atoms with van der Waals surface area (Å²) >= 11 is 0. The predicted octanol–water partition coefficient (Wildman–Crippen LogP) is 4.05. The Bertz CT molecular complexity index is 1410. The molecule has 4 aromatic rings. The molecule has 0 bridgehead atoms. The molecular weight excluding hydrogens is 437 g/mol. The standard InChI is InChI=1S/C22H17F3N6O2/c1-10-26-5-13(19(29-10)20(24)25)12-4-17-22(31-9-28-30-21(12)31)27-6-14-15(23)2-3-16-18(14)11(7-32-16)8-33-17/h2-5,9,11,20,27H,6-8H2,1H3/t11-/m0/s1. The van der Waals surface area contributed by atoms with Gasteiger partial charge in [-0.1, -0.05) is 0 Å². The zero-order chi connectivity index (χ0) is 22.7. The van der Waals surface area contributed by atoms with Crippen LogP contribution in [0.4, 0.5) is 19.0 Å². The lowest BCUT2D eigenvalue weighted by Gasteiger charge is -2.17. The molecule has 3 aromatic heterocycles. The monoisotopic (exact) mass is 454 g/mol. The molecule has 168 valence electrons. The Kier molecular flexibility index (Phi) is 4.39. The van der Waals surface area contributed by atoms with Crippen molar-refractivity contribution in [2.45, 2.75) is 25.8 Å². The number of ether oxygens (including phenoxy) is 2. The minimum atomic E-state index is -2.81. The molecule has 5 heterocycles. The van der Waals surface area contributed by atoms with Crippen molar-refractivity contribution in [2.24, 2.45) is 0 Å². The van der Waals surface area contributed by atoms with Crippen molar-refractivity contribution in [1.29, 1.82) is 0 Å². The predicted molar refractivity (Wildman–Crippen MR) is 111 cm³/mol. The number of alkyl halides is 2. The van der Waals surface area contributed by atoms with Gasteiger partial charge in [0.05, 0.1) is 19.1 Å². The number of hydrogen-bond acceptors (Lipinski definition) is 7. The zero-order valence-corrected chi connectivity index (χ0v) is 17.3. The number of halogens is 3. The zero-order valence-electron chi connectivity index (χ0n) is 17.3. The molecule has 0 saturated heterocycles. The molecule has 11 heteroatoms. The molecule has 8 nitrogen and oxygen atoms in total. The second-order valence-electron chi connectivity index (χ2n) is 7.92. The quantitative estimate of drug-likeness (QED) is 0.489. The molecule has 2 aliphatic rings. The lowest BCUT2D eigenvalue weighted by molar-refractivity contribution is 0.146. The summed E-state index contributed by atoms with van der Waals surface area (Å²) in [6.45, 7) is 2.31. The summed E-state index contributed by atoms with van der Waals surface area (Å²) in [6.07, 6.45) is -0.00525. The Morgan fingerprint density at radius 2 is 1.97 bits per heavy atom. The van der Waals surface area contributed by atoms with Crippen LogP contribution in [0.2, 0.25) is 0 Å². The average Bonchev–Trinajstić information content (AvgIpc) is 3.45. The lowest BCUT2D eigenvalue weighted by atomic mass is 9.96. The number of fused-ring (bicyclic) bond motifs is 3. The highest BCUT2D eigenvalue weighted by atomic mass is 19.3. The van der Waals surface area contributed by atoms with Crippen LogP contribution >= 0.6 is 0 Å². The van der Waals surface area contributed by atoms with Gasteiger partial charge in [-0.2, -0.15) is 0 Å². The minimum Gasteiger partial charge on any atom is -0.493 e. The number of nitrogens with one attached hydrogen (secondary N) is 1. The molecule has 0 unspecified atom stereocenters. The third kappa shape index (κ3) is 3.06. The second-order valence-corrected chi connectivity index (χ2v) is 7.92. The highest BCUT2D eigenvalue weighted by Gasteiger charge is 2.32. The molecule has 0 saturated carbocycles. The van der Waals surface area contributed by atoms with Gasteiger partial charge in [0.1, 0.15) is 29.4 Å². The Balaban J connectivity index is 1.53. The van der Waals surface area contributed by atoms with Crippen LogP contribution in [0, 0.1) is 12.7 Å². The third-order valence-corrected chi connectivity index (χ3v) is 5.95. The Hall–Kier alpha value is -3.89. The van der Waals surface area contributed by atoms with Crippen molar-refractivity contribution in [1.82, 2.24) is 24.6 Å². The van der Waals surface area contributed by atoms with E-state index >= 15 is 0 Å². The summed E-state index contributed by atoms with van der Waals surface area (Å²) in [5.41, 5.74) is 1.70. The molecule has 0 fully saturated rings. The lowest BCUT2D eigenvalue weighted by Crippen LogP contribution is -2.13. The number of rotatable bonds is 2. The van der Waals surface area contributed by atoms with E-state index in [0.29, 0.717) is 40.7 Å². The number of anilines is 1. The fraction of sp³-hybridized carbons (Fsp3) is 0.273. The first-order valence-electron chi connectivity index (χ1n) is 10.3. The van der Waals surface area contributed by atoms with Gasteiger partial charge < -0.3 is 14.8 Å². The van der Waals surface area contributed by atoms with Crippen molar-refractivity contribution in [3.63, 3.8) is 0 Å². The Morgan fingerprint density at radius 3 is 2.79 bits per heavy atom. The van der Waals surface area contributed by atoms with Crippen LogP contribution in [0.1, 0.15) is 35.0 Å². The number of nitrogens with zero attached hydrogens (tertiary/aromatic N) is 5. The summed E-state index contributed by atoms with van der Waals surface area (Å²) in [5.74, 6) is 1.25. The topological polar surface area (TPSA) is 86.5 Å². The average molecular weight is 454 g/mol. The molecule has 2 aliphatic heterocycles. The van der Waals surface area contributed by atoms with Crippen LogP contribution in [0.5, 0.6) is 11.5 Å². The minimum absolute atomic E-state index is 0.140. The van der Waals surface area contributed by atoms with E-state index in [0.717, 1.165) is 5.56 Å². The number of aromatic nitrogens is 5. The number of pyridine rings is 1. The third-order valence-electron chi connectivity index (χ3n) is 5.95. The number of hydrogen-bond donors (Lipinski definition) is 1. The largest absolute Gasteiger partial charge is 0.493 e. The van der Waals surface area contributed by atoms with Gasteiger partial charge in [-0.05, 0) is 25.1 Å². The van der Waals surface area contributed by atoms with Crippen LogP contribution in [0.3, 0.4) is 0 Å². The van der Waals surface area contributed by atoms with Crippen molar-refractivity contribution in [2.75, 3.05) is 18.5 Å². The smallest absolute Gasteiger partial charge is 0.281 e. The van der Waals surface area contributed by atoms with E-state index in [1.807, 2.05) is 0 Å². The van der Waals surface area contributed by atoms with Crippen molar-refractivity contribution >= 4 is 11.5 Å². The van der Waals surface area contributed by atoms with E-state index in [2.05, 4.69) is 25.5 Å². The SMILES string of the molecule is Cc1ncc(-c2cc3c(n4cnnc24)NCc2c(F)ccc4c2[C@@H](CO4)CO3)c(C(F)F)n1. The molecule has 1 N–H and O–H groups in total. The van der Waals surface area contributed by atoms with Gasteiger partial charge in [0.15, 0.2) is 17.2 Å². The van der Waals surface area contributed by atoms with Gasteiger partial charge in [-0.3, -0.25) is 4.40 Å². The summed E-state index contributed by atoms with van der Waals surface area (Å²) in [5, 5.41) is 11.3. The molecule has 0 radical (unpaired) electrons. The van der Waals surface area contributed by atoms with Crippen LogP contribution in [0.25, 0.3) is 16.8 Å². The summed E-state index contributed by atoms with van der Waals surface area (Å²) < 4.78 is 55.8. The van der Waals surface area contributed by atoms with E-state index in [-0.39, 0.29) is 36.3 Å². The van der Waals surface area contributed by atoms with Crippen molar-refractivity contribution in [3.8, 4) is 22.6 Å². The number of benzene rings is 1. The molecule has 0 aliphatic carbocycles. The van der Waals surface area contributed by atoms with E-state index < -0.39 is 12.1 Å². The fourth-order valence-electron chi connectivity index (χ4n) is 4.44. The molecule has 0 spiro atoms. The van der Waals surface area contributed by atoms with Gasteiger partial charge in [-0.25, -0.2) is 23.1 Å². The number of aryl methyl sites for hydroxylation is 1. The van der Waals surface area contributed by atoms with E-state index in [1.54, 1.807) is 23.5 Å². The van der Waals surface area contributed by atoms with Crippen LogP contribution in [-0.4, -0.2) is 37.8 Å². The first-order chi connectivity index (χ1) is 16.0. The maximum Gasteiger partial charge on any atom is 0.281 e. The van der Waals surface area contributed by atoms with E-state index in [1.165, 1.54) is 18.6 Å². The Morgan fingerprint density at radius 1 is 1.15 bits per heavy atom. The first kappa shape index (κ1) is 19.8. The molecule has 1 atom stereocenters. The molecule has 33 heavy (non-hydrogen) atoms. The normalized spacial score (nSPS) is 16.8. The second kappa shape index (κ2) is 7.32. The van der Waals surface area contributed by atoms with E-state index in [4.69, 9.17) is 9.47 Å². The summed E-state index contributed by atoms with van der Waals surface area (Å²) in [7, 11) is 0. The maximum absolute atomic E-state index is 14.7. The highest BCUT2D eigenvalue weighted by Crippen LogP contribution is 2.42. The molecule has 0 amide bonds. The molecule has 6 rings (SSSR count). The fourth-order valence-corrected chi connectivity index (χ4v) is 4.44. The Labute approximate surface area is 185 Å². The van der Waals surface area contributed by atoms with Crippen LogP contribution in [-0.2, 0) is 6.54 Å². The first-order valence-corrected chi connectivity index (χ1v) is 10.3. The summed E-state index contributed by atoms with van der Waals surface area (Å²) in [4.78, 5) is 8.04. The van der Waals surface area contributed by atoms with E-state index in [9.17, 15) is 13.2 Å². The van der Waals surface area contributed by atoms with Crippen LogP contribution < -0.4 is 14.8 Å². The van der Waals surface area contributed by atoms with Gasteiger partial charge >= 0.3 is 0 Å². The molecular formula is C22H17F3N6O2. The van der Waals surface area contributed by atoms with Gasteiger partial charge in [-0.15, -0.1) is 10.2 Å². The van der Waals surface area contributed by atoms with Crippen LogP contribution in [0.15, 0.2) is 30.7 Å². The highest BCUT2D eigenvalue weighted by molar-refractivity contribution is 5.82. The molecule has 1 aromatic carbocycles. The maximum atomic E-state index is 14.7. The van der Waals surface area contributed by atoms with Gasteiger partial charge in [0.25, 0.3) is 6.43 Å². The van der Waals surface area contributed by atoms with Gasteiger partial charge in [0, 0.05) is 35.0 Å².